The molecule has 0 fully saturated rings. The molecule has 3 aromatic carbocycles. The third-order valence-corrected chi connectivity index (χ3v) is 5.30. The second-order valence-electron chi connectivity index (χ2n) is 7.42. The average Bonchev–Trinajstić information content (AvgIpc) is 3.04. The van der Waals surface area contributed by atoms with Crippen LogP contribution in [0.25, 0.3) is 5.57 Å². The van der Waals surface area contributed by atoms with Crippen LogP contribution in [0.4, 0.5) is 28.9 Å². The Morgan fingerprint density at radius 3 is 1.97 bits per heavy atom. The molecule has 8 heteroatoms. The van der Waals surface area contributed by atoms with Gasteiger partial charge < -0.3 is 5.32 Å². The fourth-order valence-electron chi connectivity index (χ4n) is 3.53. The molecule has 33 heavy (non-hydrogen) atoms. The molecule has 168 valence electrons. The maximum atomic E-state index is 13.5. The predicted octanol–water partition coefficient (Wildman–Crippen LogP) is 5.80. The van der Waals surface area contributed by atoms with Gasteiger partial charge in [-0.05, 0) is 66.1 Å². The van der Waals surface area contributed by atoms with Crippen molar-refractivity contribution in [3.05, 3.63) is 101 Å². The van der Waals surface area contributed by atoms with Gasteiger partial charge in [0.1, 0.15) is 11.5 Å². The van der Waals surface area contributed by atoms with E-state index in [4.69, 9.17) is 0 Å². The van der Waals surface area contributed by atoms with Crippen molar-refractivity contribution in [1.29, 1.82) is 0 Å². The summed E-state index contributed by atoms with van der Waals surface area (Å²) in [6.07, 6.45) is -3.73. The van der Waals surface area contributed by atoms with E-state index in [1.54, 1.807) is 12.1 Å². The van der Waals surface area contributed by atoms with Crippen molar-refractivity contribution in [2.45, 2.75) is 19.5 Å². The molecule has 4 rings (SSSR count). The van der Waals surface area contributed by atoms with Crippen LogP contribution in [0.2, 0.25) is 0 Å². The first-order chi connectivity index (χ1) is 15.7. The molecule has 0 saturated heterocycles. The fourth-order valence-corrected chi connectivity index (χ4v) is 3.53. The van der Waals surface area contributed by atoms with Crippen LogP contribution >= 0.6 is 0 Å². The number of imide groups is 1. The third kappa shape index (κ3) is 4.37. The van der Waals surface area contributed by atoms with Crippen molar-refractivity contribution in [1.82, 2.24) is 0 Å². The molecular weight excluding hydrogens is 436 g/mol. The van der Waals surface area contributed by atoms with Gasteiger partial charge in [0.15, 0.2) is 0 Å². The molecule has 0 unspecified atom stereocenters. The zero-order valence-corrected chi connectivity index (χ0v) is 17.4. The summed E-state index contributed by atoms with van der Waals surface area (Å²) < 4.78 is 52.2. The van der Waals surface area contributed by atoms with Gasteiger partial charge in [-0.3, -0.25) is 9.59 Å². The first kappa shape index (κ1) is 22.3. The second kappa shape index (κ2) is 8.54. The monoisotopic (exact) mass is 454 g/mol. The van der Waals surface area contributed by atoms with Crippen LogP contribution in [0, 0.1) is 5.82 Å². The Hall–Kier alpha value is -3.94. The quantitative estimate of drug-likeness (QED) is 0.391. The van der Waals surface area contributed by atoms with Crippen molar-refractivity contribution in [2.24, 2.45) is 0 Å². The highest BCUT2D eigenvalue weighted by Gasteiger charge is 2.40. The number of nitrogens with zero attached hydrogens (tertiary/aromatic N) is 1. The largest absolute Gasteiger partial charge is 0.416 e. The lowest BCUT2D eigenvalue weighted by molar-refractivity contribution is -0.137. The van der Waals surface area contributed by atoms with Crippen LogP contribution in [0.5, 0.6) is 0 Å². The number of anilines is 2. The number of nitrogens with one attached hydrogen (secondary N) is 1. The van der Waals surface area contributed by atoms with Crippen LogP contribution in [-0.4, -0.2) is 11.8 Å². The molecule has 0 spiro atoms. The van der Waals surface area contributed by atoms with Crippen LogP contribution < -0.4 is 10.2 Å². The number of rotatable bonds is 5. The van der Waals surface area contributed by atoms with Crippen molar-refractivity contribution in [2.75, 3.05) is 10.2 Å². The fraction of sp³-hybridized carbons (Fsp3) is 0.120. The number of aryl methyl sites for hydroxylation is 1. The molecule has 1 N–H and O–H groups in total. The molecule has 1 aliphatic heterocycles. The summed E-state index contributed by atoms with van der Waals surface area (Å²) >= 11 is 0. The van der Waals surface area contributed by atoms with Crippen molar-refractivity contribution in [3.63, 3.8) is 0 Å². The SMILES string of the molecule is CCc1ccc(NC2=C(c3ccc(F)cc3)C(=O)N(c3ccc(C(F)(F)F)cc3)C2=O)cc1. The molecule has 0 atom stereocenters. The van der Waals surface area contributed by atoms with Gasteiger partial charge in [0.05, 0.1) is 16.8 Å². The second-order valence-corrected chi connectivity index (χ2v) is 7.42. The van der Waals surface area contributed by atoms with Crippen molar-refractivity contribution < 1.29 is 27.2 Å². The number of carbonyl (C=O) groups is 2. The first-order valence-corrected chi connectivity index (χ1v) is 10.1. The minimum atomic E-state index is -4.55. The van der Waals surface area contributed by atoms with E-state index in [1.165, 1.54) is 12.1 Å². The Labute approximate surface area is 187 Å². The summed E-state index contributed by atoms with van der Waals surface area (Å²) in [6.45, 7) is 2.00. The molecule has 1 aliphatic rings. The number of carbonyl (C=O) groups excluding carboxylic acids is 2. The maximum Gasteiger partial charge on any atom is 0.416 e. The molecule has 0 aromatic heterocycles. The molecule has 0 radical (unpaired) electrons. The molecule has 1 heterocycles. The van der Waals surface area contributed by atoms with E-state index in [0.717, 1.165) is 53.3 Å². The summed E-state index contributed by atoms with van der Waals surface area (Å²) in [5.74, 6) is -1.96. The lowest BCUT2D eigenvalue weighted by Crippen LogP contribution is -2.32. The van der Waals surface area contributed by atoms with E-state index in [9.17, 15) is 27.2 Å². The van der Waals surface area contributed by atoms with Crippen LogP contribution in [-0.2, 0) is 22.2 Å². The Bertz CT molecular complexity index is 1230. The summed E-state index contributed by atoms with van der Waals surface area (Å²) in [4.78, 5) is 27.3. The van der Waals surface area contributed by atoms with Gasteiger partial charge in [0, 0.05) is 5.69 Å². The molecule has 0 bridgehead atoms. The van der Waals surface area contributed by atoms with Crippen LogP contribution in [0.1, 0.15) is 23.6 Å². The molecule has 3 aromatic rings. The summed E-state index contributed by atoms with van der Waals surface area (Å²) in [5, 5.41) is 2.96. The molecule has 0 aliphatic carbocycles. The number of hydrogen-bond donors (Lipinski definition) is 1. The Morgan fingerprint density at radius 1 is 0.818 bits per heavy atom. The highest BCUT2D eigenvalue weighted by Crippen LogP contribution is 2.36. The molecule has 0 saturated carbocycles. The van der Waals surface area contributed by atoms with Gasteiger partial charge in [-0.1, -0.05) is 31.2 Å². The standard InChI is InChI=1S/C25H18F4N2O2/c1-2-15-3-11-19(12-4-15)30-22-21(16-5-9-18(26)10-6-16)23(32)31(24(22)33)20-13-7-17(8-14-20)25(27,28)29/h3-14,30H,2H2,1H3. The van der Waals surface area contributed by atoms with Gasteiger partial charge in [0.25, 0.3) is 11.8 Å². The number of hydrogen-bond acceptors (Lipinski definition) is 3. The van der Waals surface area contributed by atoms with Crippen molar-refractivity contribution in [3.8, 4) is 0 Å². The van der Waals surface area contributed by atoms with Gasteiger partial charge in [0.2, 0.25) is 0 Å². The zero-order valence-electron chi connectivity index (χ0n) is 17.4. The smallest absolute Gasteiger partial charge is 0.350 e. The van der Waals surface area contributed by atoms with Gasteiger partial charge in [-0.2, -0.15) is 13.2 Å². The van der Waals surface area contributed by atoms with E-state index >= 15 is 0 Å². The van der Waals surface area contributed by atoms with Crippen molar-refractivity contribution >= 4 is 28.8 Å². The minimum absolute atomic E-state index is 0.000494. The number of halogens is 4. The normalized spacial score (nSPS) is 14.3. The summed E-state index contributed by atoms with van der Waals surface area (Å²) in [7, 11) is 0. The van der Waals surface area contributed by atoms with E-state index in [2.05, 4.69) is 5.32 Å². The number of alkyl halides is 3. The van der Waals surface area contributed by atoms with E-state index in [1.807, 2.05) is 19.1 Å². The van der Waals surface area contributed by atoms with Crippen LogP contribution in [0.3, 0.4) is 0 Å². The predicted molar refractivity (Wildman–Crippen MR) is 117 cm³/mol. The molecular formula is C25H18F4N2O2. The lowest BCUT2D eigenvalue weighted by atomic mass is 10.0. The Kier molecular flexibility index (Phi) is 5.76. The number of benzene rings is 3. The Morgan fingerprint density at radius 2 is 1.42 bits per heavy atom. The summed E-state index contributed by atoms with van der Waals surface area (Å²) in [5.41, 5.74) is 0.986. The highest BCUT2D eigenvalue weighted by atomic mass is 19.4. The van der Waals surface area contributed by atoms with Gasteiger partial charge in [-0.15, -0.1) is 0 Å². The highest BCUT2D eigenvalue weighted by molar-refractivity contribution is 6.46. The zero-order chi connectivity index (χ0) is 23.8. The maximum absolute atomic E-state index is 13.5. The third-order valence-electron chi connectivity index (χ3n) is 5.30. The Balaban J connectivity index is 1.75. The topological polar surface area (TPSA) is 49.4 Å². The minimum Gasteiger partial charge on any atom is -0.350 e. The lowest BCUT2D eigenvalue weighted by Gasteiger charge is -2.16. The van der Waals surface area contributed by atoms with Crippen LogP contribution in [0.15, 0.2) is 78.5 Å². The summed E-state index contributed by atoms with van der Waals surface area (Å²) in [6, 6.07) is 16.1. The number of amides is 2. The van der Waals surface area contributed by atoms with Gasteiger partial charge >= 0.3 is 6.18 Å². The average molecular weight is 454 g/mol. The molecule has 2 amide bonds. The molecule has 4 nitrogen and oxygen atoms in total. The van der Waals surface area contributed by atoms with E-state index < -0.39 is 29.4 Å². The first-order valence-electron chi connectivity index (χ1n) is 10.1. The van der Waals surface area contributed by atoms with E-state index in [-0.39, 0.29) is 17.0 Å². The van der Waals surface area contributed by atoms with E-state index in [0.29, 0.717) is 11.3 Å². The van der Waals surface area contributed by atoms with Gasteiger partial charge in [-0.25, -0.2) is 9.29 Å².